The van der Waals surface area contributed by atoms with Crippen molar-refractivity contribution in [3.8, 4) is 0 Å². The molecule has 0 radical (unpaired) electrons. The molecule has 0 spiro atoms. The Morgan fingerprint density at radius 2 is 1.88 bits per heavy atom. The molecule has 8 heavy (non-hydrogen) atoms. The summed E-state index contributed by atoms with van der Waals surface area (Å²) < 4.78 is 0. The largest absolute Gasteiger partial charge is 1.00 e. The topological polar surface area (TPSA) is 57.9 Å². The van der Waals surface area contributed by atoms with Crippen molar-refractivity contribution in [2.75, 3.05) is 0 Å². The van der Waals surface area contributed by atoms with E-state index in [1.54, 1.807) is 0 Å². The van der Waals surface area contributed by atoms with Crippen molar-refractivity contribution in [3.05, 3.63) is 5.73 Å². The number of amides is 1. The van der Waals surface area contributed by atoms with Gasteiger partial charge in [-0.15, -0.1) is 0 Å². The summed E-state index contributed by atoms with van der Waals surface area (Å²) in [4.78, 5) is 19.6. The molecule has 4 heteroatoms. The zero-order valence-corrected chi connectivity index (χ0v) is 8.15. The maximum absolute atomic E-state index is 9.91. The molecule has 0 saturated carbocycles. The number of carbonyl (C=O) groups is 2. The van der Waals surface area contributed by atoms with E-state index in [1.807, 2.05) is 0 Å². The first-order valence-corrected chi connectivity index (χ1v) is 1.87. The minimum absolute atomic E-state index is 0. The third-order valence-corrected chi connectivity index (χ3v) is 0.410. The SMILES string of the molecule is CC(=O)CC([NH-])=O.[K+]. The zero-order valence-electron chi connectivity index (χ0n) is 5.02. The van der Waals surface area contributed by atoms with Gasteiger partial charge in [0.2, 0.25) is 0 Å². The Bertz CT molecular complexity index is 90.2. The van der Waals surface area contributed by atoms with Gasteiger partial charge in [0, 0.05) is 6.42 Å². The summed E-state index contributed by atoms with van der Waals surface area (Å²) in [5.41, 5.74) is 6.25. The molecule has 1 amide bonds. The van der Waals surface area contributed by atoms with E-state index in [0.29, 0.717) is 0 Å². The maximum Gasteiger partial charge on any atom is 1.00 e. The Labute approximate surface area is 90.4 Å². The van der Waals surface area contributed by atoms with Gasteiger partial charge in [-0.25, -0.2) is 0 Å². The van der Waals surface area contributed by atoms with E-state index in [0.717, 1.165) is 0 Å². The molecule has 0 aromatic rings. The third-order valence-electron chi connectivity index (χ3n) is 0.410. The van der Waals surface area contributed by atoms with Crippen LogP contribution in [0.1, 0.15) is 13.3 Å². The molecule has 0 unspecified atom stereocenters. The van der Waals surface area contributed by atoms with Crippen molar-refractivity contribution in [2.45, 2.75) is 13.3 Å². The maximum atomic E-state index is 9.91. The predicted octanol–water partition coefficient (Wildman–Crippen LogP) is -2.45. The Balaban J connectivity index is 0. The van der Waals surface area contributed by atoms with Crippen LogP contribution in [0.2, 0.25) is 0 Å². The normalized spacial score (nSPS) is 7.12. The Morgan fingerprint density at radius 1 is 1.50 bits per heavy atom. The van der Waals surface area contributed by atoms with E-state index in [-0.39, 0.29) is 63.6 Å². The summed E-state index contributed by atoms with van der Waals surface area (Å²) in [5.74, 6) is -1.06. The van der Waals surface area contributed by atoms with Crippen molar-refractivity contribution >= 4 is 11.7 Å². The van der Waals surface area contributed by atoms with Gasteiger partial charge in [0.15, 0.2) is 0 Å². The molecule has 0 aromatic heterocycles. The van der Waals surface area contributed by atoms with Crippen LogP contribution in [-0.2, 0) is 9.59 Å². The van der Waals surface area contributed by atoms with Gasteiger partial charge in [-0.3, -0.25) is 4.79 Å². The van der Waals surface area contributed by atoms with Crippen molar-refractivity contribution in [1.82, 2.24) is 0 Å². The van der Waals surface area contributed by atoms with Crippen molar-refractivity contribution in [3.63, 3.8) is 0 Å². The number of carbonyl (C=O) groups excluding carboxylic acids is 2. The first-order valence-electron chi connectivity index (χ1n) is 1.87. The second-order valence-corrected chi connectivity index (χ2v) is 1.30. The molecule has 1 N–H and O–H groups in total. The predicted molar refractivity (Wildman–Crippen MR) is 24.6 cm³/mol. The Kier molecular flexibility index (Phi) is 8.53. The van der Waals surface area contributed by atoms with Crippen molar-refractivity contribution < 1.29 is 61.0 Å². The summed E-state index contributed by atoms with van der Waals surface area (Å²) in [6.07, 6.45) is -0.250. The molecule has 0 saturated heterocycles. The van der Waals surface area contributed by atoms with Crippen LogP contribution >= 0.6 is 0 Å². The molecule has 0 atom stereocenters. The molecular weight excluding hydrogens is 133 g/mol. The van der Waals surface area contributed by atoms with Crippen LogP contribution in [0, 0.1) is 0 Å². The molecule has 0 aliphatic carbocycles. The first-order chi connectivity index (χ1) is 3.13. The van der Waals surface area contributed by atoms with Crippen LogP contribution in [0.4, 0.5) is 0 Å². The van der Waals surface area contributed by atoms with Crippen LogP contribution in [-0.4, -0.2) is 11.7 Å². The second kappa shape index (κ2) is 5.90. The van der Waals surface area contributed by atoms with Gasteiger partial charge in [0.25, 0.3) is 0 Å². The van der Waals surface area contributed by atoms with Crippen LogP contribution in [0.5, 0.6) is 0 Å². The zero-order chi connectivity index (χ0) is 5.86. The number of nitrogens with one attached hydrogen (secondary N) is 1. The van der Waals surface area contributed by atoms with Gasteiger partial charge in [0.05, 0.1) is 5.91 Å². The fraction of sp³-hybridized carbons (Fsp3) is 0.500. The summed E-state index contributed by atoms with van der Waals surface area (Å²) in [6.45, 7) is 1.28. The fourth-order valence-electron chi connectivity index (χ4n) is 0.226. The van der Waals surface area contributed by atoms with E-state index in [2.05, 4.69) is 0 Å². The van der Waals surface area contributed by atoms with Crippen LogP contribution in [0.15, 0.2) is 0 Å². The van der Waals surface area contributed by atoms with E-state index in [1.165, 1.54) is 6.92 Å². The smallest absolute Gasteiger partial charge is 0.667 e. The average Bonchev–Trinajstić information content (AvgIpc) is 1.27. The fourth-order valence-corrected chi connectivity index (χ4v) is 0.226. The summed E-state index contributed by atoms with van der Waals surface area (Å²) in [5, 5.41) is 0. The molecule has 3 nitrogen and oxygen atoms in total. The molecule has 0 fully saturated rings. The molecule has 0 heterocycles. The van der Waals surface area contributed by atoms with Gasteiger partial charge in [0.1, 0.15) is 5.78 Å². The Morgan fingerprint density at radius 3 is 1.88 bits per heavy atom. The Hall–Kier alpha value is 0.776. The van der Waals surface area contributed by atoms with Crippen LogP contribution in [0.3, 0.4) is 0 Å². The number of ketones is 1. The summed E-state index contributed by atoms with van der Waals surface area (Å²) in [7, 11) is 0. The minimum Gasteiger partial charge on any atom is -0.667 e. The van der Waals surface area contributed by atoms with E-state index < -0.39 is 5.91 Å². The number of hydrogen-bond donors (Lipinski definition) is 0. The summed E-state index contributed by atoms with van der Waals surface area (Å²) >= 11 is 0. The van der Waals surface area contributed by atoms with Gasteiger partial charge in [-0.2, -0.15) is 0 Å². The molecule has 0 aliphatic heterocycles. The standard InChI is InChI=1S/C4H7NO2.K/c1-3(6)2-4(5)7;/h2H2,1H3,(H2,5,7);/q;+1/p-1. The number of rotatable bonds is 2. The van der Waals surface area contributed by atoms with Crippen LogP contribution in [0.25, 0.3) is 5.73 Å². The number of Topliss-reactive ketones (excluding diaryl/α,β-unsaturated/α-hetero) is 1. The van der Waals surface area contributed by atoms with Gasteiger partial charge < -0.3 is 10.5 Å². The minimum atomic E-state index is -0.812. The van der Waals surface area contributed by atoms with Crippen molar-refractivity contribution in [1.29, 1.82) is 0 Å². The van der Waals surface area contributed by atoms with Gasteiger partial charge in [-0.05, 0) is 6.92 Å². The molecular formula is C4H6KNO2. The molecule has 40 valence electrons. The van der Waals surface area contributed by atoms with Gasteiger partial charge in [-0.1, -0.05) is 0 Å². The van der Waals surface area contributed by atoms with Crippen LogP contribution < -0.4 is 51.4 Å². The second-order valence-electron chi connectivity index (χ2n) is 1.30. The average molecular weight is 139 g/mol. The van der Waals surface area contributed by atoms with E-state index >= 15 is 0 Å². The van der Waals surface area contributed by atoms with E-state index in [9.17, 15) is 9.59 Å². The molecule has 0 aliphatic rings. The first kappa shape index (κ1) is 11.6. The number of hydrogen-bond acceptors (Lipinski definition) is 2. The van der Waals surface area contributed by atoms with Gasteiger partial charge >= 0.3 is 51.4 Å². The van der Waals surface area contributed by atoms with E-state index in [4.69, 9.17) is 5.73 Å². The monoisotopic (exact) mass is 139 g/mol. The van der Waals surface area contributed by atoms with Crippen molar-refractivity contribution in [2.24, 2.45) is 0 Å². The molecule has 0 bridgehead atoms. The third kappa shape index (κ3) is 9.91. The molecule has 0 aromatic carbocycles. The quantitative estimate of drug-likeness (QED) is 0.315. The molecule has 0 rings (SSSR count). The summed E-state index contributed by atoms with van der Waals surface area (Å²) in [6, 6.07) is 0.